The molecule has 0 fully saturated rings. The van der Waals surface area contributed by atoms with E-state index in [0.717, 1.165) is 16.7 Å². The van der Waals surface area contributed by atoms with E-state index in [-0.39, 0.29) is 0 Å². The highest BCUT2D eigenvalue weighted by Gasteiger charge is 2.19. The number of methoxy groups -OCH3 is 1. The molecule has 20 heavy (non-hydrogen) atoms. The van der Waals surface area contributed by atoms with Crippen molar-refractivity contribution in [1.82, 2.24) is 0 Å². The predicted molar refractivity (Wildman–Crippen MR) is 80.6 cm³/mol. The first-order valence-electron chi connectivity index (χ1n) is 6.22. The van der Waals surface area contributed by atoms with Crippen LogP contribution in [0.5, 0.6) is 5.75 Å². The van der Waals surface area contributed by atoms with E-state index in [1.807, 2.05) is 32.0 Å². The second-order valence-corrected chi connectivity index (χ2v) is 5.63. The summed E-state index contributed by atoms with van der Waals surface area (Å²) in [6, 6.07) is 8.65. The van der Waals surface area contributed by atoms with Crippen LogP contribution >= 0.6 is 15.9 Å². The largest absolute Gasteiger partial charge is 0.496 e. The quantitative estimate of drug-likeness (QED) is 0.904. The Labute approximate surface area is 126 Å². The summed E-state index contributed by atoms with van der Waals surface area (Å²) in [6.45, 7) is 3.94. The van der Waals surface area contributed by atoms with Crippen LogP contribution in [0, 0.1) is 19.7 Å². The molecule has 0 bridgehead atoms. The lowest BCUT2D eigenvalue weighted by Gasteiger charge is -2.18. The highest BCUT2D eigenvalue weighted by molar-refractivity contribution is 9.10. The van der Waals surface area contributed by atoms with E-state index in [0.29, 0.717) is 15.8 Å². The zero-order valence-corrected chi connectivity index (χ0v) is 13.2. The van der Waals surface area contributed by atoms with Crippen LogP contribution in [0.1, 0.15) is 28.4 Å². The van der Waals surface area contributed by atoms with Crippen molar-refractivity contribution in [3.63, 3.8) is 0 Å². The molecule has 1 unspecified atom stereocenters. The van der Waals surface area contributed by atoms with Crippen molar-refractivity contribution in [1.29, 1.82) is 0 Å². The van der Waals surface area contributed by atoms with Crippen molar-refractivity contribution in [3.05, 3.63) is 62.9 Å². The molecule has 106 valence electrons. The van der Waals surface area contributed by atoms with Crippen LogP contribution in [-0.4, -0.2) is 12.2 Å². The molecule has 0 saturated heterocycles. The molecule has 0 aromatic heterocycles. The van der Waals surface area contributed by atoms with Crippen LogP contribution in [0.25, 0.3) is 0 Å². The minimum absolute atomic E-state index is 0.303. The van der Waals surface area contributed by atoms with Gasteiger partial charge in [0.2, 0.25) is 0 Å². The molecule has 0 radical (unpaired) electrons. The Bertz CT molecular complexity index is 641. The second kappa shape index (κ2) is 5.94. The third-order valence-corrected chi connectivity index (χ3v) is 3.89. The van der Waals surface area contributed by atoms with Crippen molar-refractivity contribution >= 4 is 15.9 Å². The molecule has 4 heteroatoms. The Balaban J connectivity index is 2.52. The molecule has 1 atom stereocenters. The van der Waals surface area contributed by atoms with Crippen molar-refractivity contribution in [2.75, 3.05) is 7.11 Å². The van der Waals surface area contributed by atoms with Gasteiger partial charge in [-0.25, -0.2) is 4.39 Å². The molecular formula is C16H16BrFO2. The highest BCUT2D eigenvalue weighted by atomic mass is 79.9. The molecule has 0 aliphatic carbocycles. The molecule has 0 aliphatic rings. The lowest BCUT2D eigenvalue weighted by molar-refractivity contribution is 0.213. The molecule has 0 saturated carbocycles. The van der Waals surface area contributed by atoms with Gasteiger partial charge in [-0.15, -0.1) is 0 Å². The second-order valence-electron chi connectivity index (χ2n) is 4.77. The fraction of sp³-hybridized carbons (Fsp3) is 0.250. The molecule has 0 heterocycles. The first kappa shape index (κ1) is 15.0. The average molecular weight is 339 g/mol. The summed E-state index contributed by atoms with van der Waals surface area (Å²) in [6.07, 6.45) is -0.859. The topological polar surface area (TPSA) is 29.5 Å². The number of ether oxygens (including phenoxy) is 1. The van der Waals surface area contributed by atoms with E-state index in [1.165, 1.54) is 13.2 Å². The van der Waals surface area contributed by atoms with Gasteiger partial charge in [-0.3, -0.25) is 0 Å². The van der Waals surface area contributed by atoms with E-state index >= 15 is 0 Å². The molecule has 0 aliphatic heterocycles. The summed E-state index contributed by atoms with van der Waals surface area (Å²) in [5.41, 5.74) is 3.44. The predicted octanol–water partition coefficient (Wildman–Crippen LogP) is 4.30. The number of benzene rings is 2. The van der Waals surface area contributed by atoms with Gasteiger partial charge in [-0.2, -0.15) is 0 Å². The van der Waals surface area contributed by atoms with Crippen molar-refractivity contribution in [2.45, 2.75) is 20.0 Å². The minimum Gasteiger partial charge on any atom is -0.496 e. The van der Waals surface area contributed by atoms with Gasteiger partial charge in [0.05, 0.1) is 11.6 Å². The molecule has 2 aromatic rings. The number of hydrogen-bond acceptors (Lipinski definition) is 2. The summed E-state index contributed by atoms with van der Waals surface area (Å²) in [5.74, 6) is -0.0865. The Hall–Kier alpha value is -1.39. The summed E-state index contributed by atoms with van der Waals surface area (Å²) in [7, 11) is 1.46. The number of halogens is 2. The highest BCUT2D eigenvalue weighted by Crippen LogP contribution is 2.35. The Morgan fingerprint density at radius 1 is 1.15 bits per heavy atom. The molecule has 2 nitrogen and oxygen atoms in total. The zero-order valence-electron chi connectivity index (χ0n) is 11.6. The van der Waals surface area contributed by atoms with Gasteiger partial charge in [0.25, 0.3) is 0 Å². The van der Waals surface area contributed by atoms with E-state index in [1.54, 1.807) is 6.07 Å². The van der Waals surface area contributed by atoms with Crippen LogP contribution in [0.2, 0.25) is 0 Å². The Morgan fingerprint density at radius 2 is 1.85 bits per heavy atom. The van der Waals surface area contributed by atoms with E-state index < -0.39 is 11.9 Å². The van der Waals surface area contributed by atoms with Crippen molar-refractivity contribution in [2.24, 2.45) is 0 Å². The number of hydrogen-bond donors (Lipinski definition) is 1. The molecule has 0 amide bonds. The Kier molecular flexibility index (Phi) is 4.45. The summed E-state index contributed by atoms with van der Waals surface area (Å²) < 4.78 is 19.0. The third kappa shape index (κ3) is 2.86. The van der Waals surface area contributed by atoms with Crippen LogP contribution in [0.3, 0.4) is 0 Å². The molecule has 0 spiro atoms. The third-order valence-electron chi connectivity index (χ3n) is 3.29. The van der Waals surface area contributed by atoms with Gasteiger partial charge in [-0.1, -0.05) is 23.8 Å². The van der Waals surface area contributed by atoms with Gasteiger partial charge < -0.3 is 9.84 Å². The maximum Gasteiger partial charge on any atom is 0.141 e. The molecular weight excluding hydrogens is 323 g/mol. The lowest BCUT2D eigenvalue weighted by Crippen LogP contribution is -2.05. The molecule has 2 rings (SSSR count). The van der Waals surface area contributed by atoms with Gasteiger partial charge in [0.15, 0.2) is 0 Å². The fourth-order valence-corrected chi connectivity index (χ4v) is 2.60. The zero-order chi connectivity index (χ0) is 14.9. The maximum atomic E-state index is 13.5. The van der Waals surface area contributed by atoms with Crippen molar-refractivity contribution in [3.8, 4) is 5.75 Å². The van der Waals surface area contributed by atoms with E-state index in [4.69, 9.17) is 4.74 Å². The monoisotopic (exact) mass is 338 g/mol. The SMILES string of the molecule is COc1cc(F)c(Br)cc1C(O)c1ccc(C)cc1C. The first-order valence-corrected chi connectivity index (χ1v) is 7.01. The lowest BCUT2D eigenvalue weighted by atomic mass is 9.95. The van der Waals surface area contributed by atoms with Gasteiger partial charge in [0, 0.05) is 11.6 Å². The standard InChI is InChI=1S/C16H16BrFO2/c1-9-4-5-11(10(2)6-9)16(19)12-7-13(17)14(18)8-15(12)20-3/h4-8,16,19H,1-3H3. The van der Waals surface area contributed by atoms with Crippen LogP contribution in [-0.2, 0) is 0 Å². The minimum atomic E-state index is -0.859. The number of aliphatic hydroxyl groups is 1. The van der Waals surface area contributed by atoms with Crippen LogP contribution in [0.4, 0.5) is 4.39 Å². The Morgan fingerprint density at radius 3 is 2.45 bits per heavy atom. The fourth-order valence-electron chi connectivity index (χ4n) is 2.23. The van der Waals surface area contributed by atoms with Crippen LogP contribution in [0.15, 0.2) is 34.8 Å². The maximum absolute atomic E-state index is 13.5. The molecule has 1 N–H and O–H groups in total. The smallest absolute Gasteiger partial charge is 0.141 e. The normalized spacial score (nSPS) is 12.3. The van der Waals surface area contributed by atoms with E-state index in [2.05, 4.69) is 15.9 Å². The van der Waals surface area contributed by atoms with E-state index in [9.17, 15) is 9.50 Å². The average Bonchev–Trinajstić information content (AvgIpc) is 2.40. The van der Waals surface area contributed by atoms with Gasteiger partial charge >= 0.3 is 0 Å². The van der Waals surface area contributed by atoms with Gasteiger partial charge in [-0.05, 0) is 47.0 Å². The number of aryl methyl sites for hydroxylation is 2. The van der Waals surface area contributed by atoms with Crippen molar-refractivity contribution < 1.29 is 14.2 Å². The number of aliphatic hydroxyl groups excluding tert-OH is 1. The van der Waals surface area contributed by atoms with Gasteiger partial charge in [0.1, 0.15) is 17.7 Å². The summed E-state index contributed by atoms with van der Waals surface area (Å²) in [4.78, 5) is 0. The number of rotatable bonds is 3. The summed E-state index contributed by atoms with van der Waals surface area (Å²) >= 11 is 3.14. The first-order chi connectivity index (χ1) is 9.43. The van der Waals surface area contributed by atoms with Crippen LogP contribution < -0.4 is 4.74 Å². The summed E-state index contributed by atoms with van der Waals surface area (Å²) in [5, 5.41) is 10.6. The molecule has 2 aromatic carbocycles.